The van der Waals surface area contributed by atoms with Crippen molar-refractivity contribution >= 4 is 11.9 Å². The van der Waals surface area contributed by atoms with E-state index < -0.39 is 17.3 Å². The number of hydrogen-bond donors (Lipinski definition) is 1. The number of hydrogen-bond acceptors (Lipinski definition) is 4. The van der Waals surface area contributed by atoms with Crippen LogP contribution >= 0.6 is 0 Å². The van der Waals surface area contributed by atoms with E-state index in [4.69, 9.17) is 9.47 Å². The van der Waals surface area contributed by atoms with E-state index in [1.807, 2.05) is 49.4 Å². The minimum absolute atomic E-state index is 0.151. The number of carbonyl (C=O) groups excluding carboxylic acids is 2. The predicted molar refractivity (Wildman–Crippen MR) is 80.2 cm³/mol. The van der Waals surface area contributed by atoms with Gasteiger partial charge in [0, 0.05) is 12.8 Å². The first-order valence-corrected chi connectivity index (χ1v) is 7.36. The zero-order valence-electron chi connectivity index (χ0n) is 12.5. The van der Waals surface area contributed by atoms with Crippen LogP contribution in [-0.4, -0.2) is 29.6 Å². The lowest BCUT2D eigenvalue weighted by atomic mass is 9.91. The van der Waals surface area contributed by atoms with Crippen LogP contribution in [0.4, 0.5) is 4.79 Å². The highest BCUT2D eigenvalue weighted by Gasteiger charge is 2.49. The standard InChI is InChI=1S/C17H19NO4/c1-16-7-8-17(22-16,10-14(19)9-16)12-18-15(20)21-11-13-5-3-2-4-6-13/h2-8H,9-12H2,1H3,(H,18,20)/t16-,17+/m0/s1. The maximum Gasteiger partial charge on any atom is 0.407 e. The molecule has 1 saturated heterocycles. The molecule has 1 aromatic carbocycles. The first kappa shape index (κ1) is 14.8. The van der Waals surface area contributed by atoms with Crippen molar-refractivity contribution in [2.24, 2.45) is 0 Å². The molecule has 0 saturated carbocycles. The van der Waals surface area contributed by atoms with Crippen LogP contribution in [0.15, 0.2) is 42.5 Å². The average molecular weight is 301 g/mol. The maximum atomic E-state index is 11.8. The Morgan fingerprint density at radius 1 is 1.27 bits per heavy atom. The zero-order valence-corrected chi connectivity index (χ0v) is 12.5. The molecule has 0 spiro atoms. The average Bonchev–Trinajstić information content (AvgIpc) is 2.74. The fourth-order valence-electron chi connectivity index (χ4n) is 2.99. The molecule has 3 rings (SSSR count). The van der Waals surface area contributed by atoms with Gasteiger partial charge in [-0.05, 0) is 12.5 Å². The molecule has 5 nitrogen and oxygen atoms in total. The van der Waals surface area contributed by atoms with Gasteiger partial charge in [0.1, 0.15) is 18.0 Å². The third-order valence-electron chi connectivity index (χ3n) is 3.97. The number of fused-ring (bicyclic) bond motifs is 2. The number of rotatable bonds is 4. The topological polar surface area (TPSA) is 64.6 Å². The molecular formula is C17H19NO4. The largest absolute Gasteiger partial charge is 0.445 e. The predicted octanol–water partition coefficient (Wildman–Crippen LogP) is 2.36. The second-order valence-corrected chi connectivity index (χ2v) is 6.12. The number of Topliss-reactive ketones (excluding diaryl/α,β-unsaturated/α-hetero) is 1. The fourth-order valence-corrected chi connectivity index (χ4v) is 2.99. The smallest absolute Gasteiger partial charge is 0.407 e. The van der Waals surface area contributed by atoms with Crippen molar-refractivity contribution in [2.75, 3.05) is 6.54 Å². The Kier molecular flexibility index (Phi) is 3.74. The van der Waals surface area contributed by atoms with E-state index in [1.54, 1.807) is 0 Å². The molecule has 2 aliphatic heterocycles. The summed E-state index contributed by atoms with van der Waals surface area (Å²) in [6.45, 7) is 2.33. The van der Waals surface area contributed by atoms with E-state index in [-0.39, 0.29) is 25.4 Å². The number of amides is 1. The summed E-state index contributed by atoms with van der Waals surface area (Å²) in [4.78, 5) is 23.6. The summed E-state index contributed by atoms with van der Waals surface area (Å²) >= 11 is 0. The second-order valence-electron chi connectivity index (χ2n) is 6.12. The van der Waals surface area contributed by atoms with Crippen molar-refractivity contribution in [1.82, 2.24) is 5.32 Å². The molecule has 2 atom stereocenters. The minimum Gasteiger partial charge on any atom is -0.445 e. The van der Waals surface area contributed by atoms with E-state index in [1.165, 1.54) is 0 Å². The fraction of sp³-hybridized carbons (Fsp3) is 0.412. The lowest BCUT2D eigenvalue weighted by molar-refractivity contribution is -0.150. The molecule has 2 bridgehead atoms. The Hall–Kier alpha value is -2.14. The molecule has 5 heteroatoms. The minimum atomic E-state index is -0.726. The summed E-state index contributed by atoms with van der Waals surface area (Å²) in [5, 5.41) is 2.69. The molecule has 1 N–H and O–H groups in total. The lowest BCUT2D eigenvalue weighted by Crippen LogP contribution is -2.50. The van der Waals surface area contributed by atoms with Gasteiger partial charge in [-0.25, -0.2) is 4.79 Å². The van der Waals surface area contributed by atoms with Gasteiger partial charge in [-0.15, -0.1) is 0 Å². The van der Waals surface area contributed by atoms with Gasteiger partial charge in [-0.2, -0.15) is 0 Å². The highest BCUT2D eigenvalue weighted by atomic mass is 16.6. The third-order valence-corrected chi connectivity index (χ3v) is 3.97. The SMILES string of the molecule is C[C@]12C=C[C@](CNC(=O)OCc3ccccc3)(CC(=O)C1)O2. The van der Waals surface area contributed by atoms with Crippen LogP contribution in [-0.2, 0) is 20.9 Å². The molecule has 0 aliphatic carbocycles. The quantitative estimate of drug-likeness (QED) is 0.867. The number of nitrogens with one attached hydrogen (secondary N) is 1. The highest BCUT2D eigenvalue weighted by Crippen LogP contribution is 2.40. The molecule has 2 aliphatic rings. The van der Waals surface area contributed by atoms with Crippen LogP contribution in [0, 0.1) is 0 Å². The van der Waals surface area contributed by atoms with Crippen molar-refractivity contribution in [3.63, 3.8) is 0 Å². The summed E-state index contributed by atoms with van der Waals surface area (Å²) in [5.74, 6) is 0.151. The molecule has 2 heterocycles. The maximum absolute atomic E-state index is 11.8. The Bertz CT molecular complexity index is 612. The van der Waals surface area contributed by atoms with Crippen LogP contribution in [0.2, 0.25) is 0 Å². The molecule has 0 radical (unpaired) electrons. The number of carbonyl (C=O) groups is 2. The normalized spacial score (nSPS) is 29.4. The van der Waals surface area contributed by atoms with Gasteiger partial charge < -0.3 is 14.8 Å². The van der Waals surface area contributed by atoms with Crippen LogP contribution < -0.4 is 5.32 Å². The van der Waals surface area contributed by atoms with Crippen molar-refractivity contribution in [1.29, 1.82) is 0 Å². The van der Waals surface area contributed by atoms with Gasteiger partial charge in [-0.1, -0.05) is 42.5 Å². The van der Waals surface area contributed by atoms with Gasteiger partial charge in [0.25, 0.3) is 0 Å². The van der Waals surface area contributed by atoms with Gasteiger partial charge in [0.15, 0.2) is 0 Å². The third kappa shape index (κ3) is 3.20. The van der Waals surface area contributed by atoms with Crippen LogP contribution in [0.1, 0.15) is 25.3 Å². The van der Waals surface area contributed by atoms with E-state index in [0.717, 1.165) is 5.56 Å². The van der Waals surface area contributed by atoms with E-state index in [0.29, 0.717) is 6.42 Å². The lowest BCUT2D eigenvalue weighted by Gasteiger charge is -2.37. The van der Waals surface area contributed by atoms with E-state index in [9.17, 15) is 9.59 Å². The van der Waals surface area contributed by atoms with Gasteiger partial charge in [0.05, 0.1) is 12.1 Å². The van der Waals surface area contributed by atoms with Crippen molar-refractivity contribution in [3.05, 3.63) is 48.0 Å². The number of ether oxygens (including phenoxy) is 2. The van der Waals surface area contributed by atoms with Gasteiger partial charge >= 0.3 is 6.09 Å². The Morgan fingerprint density at radius 2 is 2.05 bits per heavy atom. The Labute approximate surface area is 129 Å². The molecule has 22 heavy (non-hydrogen) atoms. The first-order valence-electron chi connectivity index (χ1n) is 7.36. The van der Waals surface area contributed by atoms with Crippen molar-refractivity contribution in [3.8, 4) is 0 Å². The van der Waals surface area contributed by atoms with Crippen molar-refractivity contribution < 1.29 is 19.1 Å². The molecular weight excluding hydrogens is 282 g/mol. The highest BCUT2D eigenvalue weighted by molar-refractivity contribution is 5.83. The summed E-state index contributed by atoms with van der Waals surface area (Å²) in [6.07, 6.45) is 3.97. The van der Waals surface area contributed by atoms with Gasteiger partial charge in [-0.3, -0.25) is 4.79 Å². The molecule has 1 amide bonds. The number of ketones is 1. The van der Waals surface area contributed by atoms with Gasteiger partial charge in [0.2, 0.25) is 0 Å². The van der Waals surface area contributed by atoms with Crippen LogP contribution in [0.25, 0.3) is 0 Å². The number of alkyl carbamates (subject to hydrolysis) is 1. The molecule has 1 fully saturated rings. The molecule has 116 valence electrons. The Morgan fingerprint density at radius 3 is 2.82 bits per heavy atom. The monoisotopic (exact) mass is 301 g/mol. The summed E-state index contributed by atoms with van der Waals surface area (Å²) in [7, 11) is 0. The van der Waals surface area contributed by atoms with E-state index >= 15 is 0 Å². The van der Waals surface area contributed by atoms with Crippen molar-refractivity contribution in [2.45, 2.75) is 37.6 Å². The van der Waals surface area contributed by atoms with E-state index in [2.05, 4.69) is 5.32 Å². The molecule has 0 unspecified atom stereocenters. The number of benzene rings is 1. The molecule has 0 aromatic heterocycles. The Balaban J connectivity index is 1.51. The summed E-state index contributed by atoms with van der Waals surface area (Å²) < 4.78 is 11.1. The zero-order chi connectivity index (χ0) is 15.6. The summed E-state index contributed by atoms with van der Waals surface area (Å²) in [6, 6.07) is 9.46. The molecule has 1 aromatic rings. The van der Waals surface area contributed by atoms with Crippen LogP contribution in [0.5, 0.6) is 0 Å². The summed E-state index contributed by atoms with van der Waals surface area (Å²) in [5.41, 5.74) is -0.339. The van der Waals surface area contributed by atoms with Crippen LogP contribution in [0.3, 0.4) is 0 Å². The second kappa shape index (κ2) is 5.57. The first-order chi connectivity index (χ1) is 10.5.